The van der Waals surface area contributed by atoms with Crippen molar-refractivity contribution in [3.05, 3.63) is 18.5 Å². The number of rotatable bonds is 7. The van der Waals surface area contributed by atoms with Crippen molar-refractivity contribution < 1.29 is 9.59 Å². The Bertz CT molecular complexity index is 458. The Hall–Kier alpha value is -1.69. The lowest BCUT2D eigenvalue weighted by molar-refractivity contribution is -0.141. The minimum Gasteiger partial charge on any atom is -0.305 e. The van der Waals surface area contributed by atoms with Crippen LogP contribution < -0.4 is 5.32 Å². The van der Waals surface area contributed by atoms with Crippen LogP contribution in [0.5, 0.6) is 0 Å². The van der Waals surface area contributed by atoms with Crippen LogP contribution in [0.25, 0.3) is 0 Å². The van der Waals surface area contributed by atoms with Gasteiger partial charge >= 0.3 is 0 Å². The number of nitrogens with one attached hydrogen (secondary N) is 1. The number of hydrogen-bond donors (Lipinski definition) is 1. The second-order valence-corrected chi connectivity index (χ2v) is 5.19. The zero-order chi connectivity index (χ0) is 14.5. The third-order valence-electron chi connectivity index (χ3n) is 3.73. The lowest BCUT2D eigenvalue weighted by Crippen LogP contribution is -2.43. The molecular weight excluding hydrogens is 256 g/mol. The molecule has 1 fully saturated rings. The van der Waals surface area contributed by atoms with E-state index >= 15 is 0 Å². The molecule has 1 aliphatic heterocycles. The maximum absolute atomic E-state index is 12.2. The molecule has 1 aromatic rings. The lowest BCUT2D eigenvalue weighted by atomic mass is 10.2. The van der Waals surface area contributed by atoms with Crippen LogP contribution in [0.4, 0.5) is 0 Å². The minimum absolute atomic E-state index is 0.00845. The van der Waals surface area contributed by atoms with Crippen LogP contribution >= 0.6 is 0 Å². The summed E-state index contributed by atoms with van der Waals surface area (Å²) in [6.45, 7) is 5.41. The zero-order valence-corrected chi connectivity index (χ0v) is 12.1. The van der Waals surface area contributed by atoms with Crippen molar-refractivity contribution in [2.75, 3.05) is 6.54 Å². The lowest BCUT2D eigenvalue weighted by Gasteiger charge is -2.21. The van der Waals surface area contributed by atoms with Gasteiger partial charge in [-0.05, 0) is 32.4 Å². The topological polar surface area (TPSA) is 67.2 Å². The molecule has 1 saturated heterocycles. The van der Waals surface area contributed by atoms with Crippen LogP contribution in [0.2, 0.25) is 0 Å². The van der Waals surface area contributed by atoms with Crippen LogP contribution in [-0.2, 0) is 16.1 Å². The molecule has 2 atom stereocenters. The third kappa shape index (κ3) is 3.25. The maximum Gasteiger partial charge on any atom is 0.247 e. The first-order valence-corrected chi connectivity index (χ1v) is 7.20. The Labute approximate surface area is 119 Å². The largest absolute Gasteiger partial charge is 0.305 e. The van der Waals surface area contributed by atoms with E-state index in [4.69, 9.17) is 0 Å². The molecule has 6 nitrogen and oxygen atoms in total. The highest BCUT2D eigenvalue weighted by atomic mass is 16.2. The van der Waals surface area contributed by atoms with Crippen LogP contribution in [0.15, 0.2) is 18.5 Å². The van der Waals surface area contributed by atoms with E-state index in [1.54, 1.807) is 6.20 Å². The van der Waals surface area contributed by atoms with Gasteiger partial charge in [0.25, 0.3) is 0 Å². The van der Waals surface area contributed by atoms with Crippen molar-refractivity contribution in [2.24, 2.45) is 0 Å². The molecule has 1 aromatic heterocycles. The monoisotopic (exact) mass is 278 g/mol. The van der Waals surface area contributed by atoms with Gasteiger partial charge < -0.3 is 5.32 Å². The smallest absolute Gasteiger partial charge is 0.247 e. The molecular formula is C14H22N4O2. The van der Waals surface area contributed by atoms with E-state index in [1.165, 1.54) is 4.90 Å². The molecule has 2 unspecified atom stereocenters. The van der Waals surface area contributed by atoms with Crippen LogP contribution in [0.1, 0.15) is 33.1 Å². The predicted molar refractivity (Wildman–Crippen MR) is 74.9 cm³/mol. The van der Waals surface area contributed by atoms with E-state index < -0.39 is 0 Å². The van der Waals surface area contributed by atoms with Gasteiger partial charge in [-0.25, -0.2) is 0 Å². The molecule has 2 amide bonds. The molecule has 0 saturated carbocycles. The SMILES string of the molecule is CCC(C)N1C(=O)CC(NCCCn2cccn2)C1=O. The Kier molecular flexibility index (Phi) is 4.89. The average Bonchev–Trinajstić information content (AvgIpc) is 3.03. The van der Waals surface area contributed by atoms with Gasteiger partial charge in [0.15, 0.2) is 0 Å². The van der Waals surface area contributed by atoms with Gasteiger partial charge in [0.2, 0.25) is 11.8 Å². The Balaban J connectivity index is 1.76. The van der Waals surface area contributed by atoms with E-state index in [-0.39, 0.29) is 30.3 Å². The van der Waals surface area contributed by atoms with Gasteiger partial charge in [0, 0.05) is 25.0 Å². The third-order valence-corrected chi connectivity index (χ3v) is 3.73. The van der Waals surface area contributed by atoms with Crippen LogP contribution in [0.3, 0.4) is 0 Å². The summed E-state index contributed by atoms with van der Waals surface area (Å²) in [4.78, 5) is 25.4. The summed E-state index contributed by atoms with van der Waals surface area (Å²) in [6, 6.07) is 1.52. The summed E-state index contributed by atoms with van der Waals surface area (Å²) in [5.74, 6) is -0.141. The molecule has 1 aliphatic rings. The van der Waals surface area contributed by atoms with Crippen molar-refractivity contribution >= 4 is 11.8 Å². The normalized spacial score (nSPS) is 20.7. The second kappa shape index (κ2) is 6.65. The van der Waals surface area contributed by atoms with Crippen molar-refractivity contribution in [2.45, 2.75) is 51.7 Å². The number of aromatic nitrogens is 2. The Morgan fingerprint density at radius 3 is 2.95 bits per heavy atom. The van der Waals surface area contributed by atoms with Gasteiger partial charge in [-0.2, -0.15) is 5.10 Å². The van der Waals surface area contributed by atoms with Crippen LogP contribution in [0, 0.1) is 0 Å². The maximum atomic E-state index is 12.2. The number of hydrogen-bond acceptors (Lipinski definition) is 4. The first kappa shape index (κ1) is 14.7. The summed E-state index contributed by atoms with van der Waals surface area (Å²) >= 11 is 0. The summed E-state index contributed by atoms with van der Waals surface area (Å²) in [5.41, 5.74) is 0. The molecule has 6 heteroatoms. The fraction of sp³-hybridized carbons (Fsp3) is 0.643. The molecule has 20 heavy (non-hydrogen) atoms. The molecule has 0 bridgehead atoms. The summed E-state index contributed by atoms with van der Waals surface area (Å²) in [7, 11) is 0. The quantitative estimate of drug-likeness (QED) is 0.591. The van der Waals surface area contributed by atoms with E-state index in [1.807, 2.05) is 30.8 Å². The number of likely N-dealkylation sites (tertiary alicyclic amines) is 1. The number of nitrogens with zero attached hydrogens (tertiary/aromatic N) is 3. The highest BCUT2D eigenvalue weighted by molar-refractivity contribution is 6.05. The molecule has 0 aromatic carbocycles. The molecule has 2 heterocycles. The van der Waals surface area contributed by atoms with E-state index in [2.05, 4.69) is 10.4 Å². The van der Waals surface area contributed by atoms with Gasteiger partial charge in [-0.15, -0.1) is 0 Å². The second-order valence-electron chi connectivity index (χ2n) is 5.19. The number of carbonyl (C=O) groups excluding carboxylic acids is 2. The van der Waals surface area contributed by atoms with E-state index in [0.717, 1.165) is 19.4 Å². The first-order valence-electron chi connectivity index (χ1n) is 7.20. The molecule has 0 aliphatic carbocycles. The fourth-order valence-electron chi connectivity index (χ4n) is 2.41. The zero-order valence-electron chi connectivity index (χ0n) is 12.1. The van der Waals surface area contributed by atoms with E-state index in [0.29, 0.717) is 6.54 Å². The Morgan fingerprint density at radius 2 is 2.30 bits per heavy atom. The van der Waals surface area contributed by atoms with Gasteiger partial charge in [0.1, 0.15) is 0 Å². The van der Waals surface area contributed by atoms with Gasteiger partial charge in [0.05, 0.1) is 12.5 Å². The highest BCUT2D eigenvalue weighted by Gasteiger charge is 2.39. The minimum atomic E-state index is -0.353. The van der Waals surface area contributed by atoms with Crippen molar-refractivity contribution in [3.8, 4) is 0 Å². The predicted octanol–water partition coefficient (Wildman–Crippen LogP) is 0.789. The average molecular weight is 278 g/mol. The van der Waals surface area contributed by atoms with Crippen molar-refractivity contribution in [1.29, 1.82) is 0 Å². The van der Waals surface area contributed by atoms with E-state index in [9.17, 15) is 9.59 Å². The summed E-state index contributed by atoms with van der Waals surface area (Å²) in [5, 5.41) is 7.30. The van der Waals surface area contributed by atoms with Crippen molar-refractivity contribution in [3.63, 3.8) is 0 Å². The summed E-state index contributed by atoms with van der Waals surface area (Å²) in [6.07, 6.45) is 5.61. The fourth-order valence-corrected chi connectivity index (χ4v) is 2.41. The van der Waals surface area contributed by atoms with Crippen molar-refractivity contribution in [1.82, 2.24) is 20.0 Å². The number of aryl methyl sites for hydroxylation is 1. The standard InChI is InChI=1S/C14H22N4O2/c1-3-11(2)18-13(19)10-12(14(18)20)15-6-4-8-17-9-5-7-16-17/h5,7,9,11-12,15H,3-4,6,8,10H2,1-2H3. The molecule has 2 rings (SSSR count). The molecule has 1 N–H and O–H groups in total. The number of carbonyl (C=O) groups is 2. The highest BCUT2D eigenvalue weighted by Crippen LogP contribution is 2.17. The summed E-state index contributed by atoms with van der Waals surface area (Å²) < 4.78 is 1.86. The molecule has 110 valence electrons. The first-order chi connectivity index (χ1) is 9.63. The molecule has 0 spiro atoms. The van der Waals surface area contributed by atoms with Crippen LogP contribution in [-0.4, -0.2) is 45.1 Å². The number of amides is 2. The number of imide groups is 1. The molecule has 0 radical (unpaired) electrons. The van der Waals surface area contributed by atoms with Gasteiger partial charge in [-0.1, -0.05) is 6.92 Å². The Morgan fingerprint density at radius 1 is 1.50 bits per heavy atom. The van der Waals surface area contributed by atoms with Gasteiger partial charge in [-0.3, -0.25) is 19.2 Å².